The van der Waals surface area contributed by atoms with Crippen LogP contribution in [0.15, 0.2) is 76.9 Å². The van der Waals surface area contributed by atoms with Crippen molar-refractivity contribution in [2.24, 2.45) is 5.73 Å². The molecule has 0 amide bonds. The van der Waals surface area contributed by atoms with Crippen LogP contribution in [0.2, 0.25) is 5.02 Å². The van der Waals surface area contributed by atoms with E-state index in [-0.39, 0.29) is 23.6 Å². The number of carbonyl (C=O) groups is 1. The number of hydrogen-bond donors (Lipinski definition) is 1. The zero-order valence-electron chi connectivity index (χ0n) is 18.5. The average molecular weight is 465 g/mol. The molecule has 2 aromatic carbocycles. The molecule has 6 nitrogen and oxygen atoms in total. The third-order valence-corrected chi connectivity index (χ3v) is 5.95. The maximum absolute atomic E-state index is 13.8. The van der Waals surface area contributed by atoms with Crippen LogP contribution in [0.1, 0.15) is 35.2 Å². The Balaban J connectivity index is 1.86. The summed E-state index contributed by atoms with van der Waals surface area (Å²) in [5, 5.41) is 0.485. The molecular weight excluding hydrogens is 440 g/mol. The number of halogens is 1. The Morgan fingerprint density at radius 2 is 1.91 bits per heavy atom. The first-order valence-electron chi connectivity index (χ1n) is 10.8. The maximum atomic E-state index is 13.8. The van der Waals surface area contributed by atoms with E-state index in [0.717, 1.165) is 11.3 Å². The van der Waals surface area contributed by atoms with Gasteiger partial charge in [0.25, 0.3) is 5.56 Å². The molecule has 0 unspecified atom stereocenters. The van der Waals surface area contributed by atoms with Gasteiger partial charge in [0.1, 0.15) is 11.3 Å². The first kappa shape index (κ1) is 22.7. The van der Waals surface area contributed by atoms with E-state index in [1.807, 2.05) is 43.3 Å². The van der Waals surface area contributed by atoms with E-state index in [9.17, 15) is 9.59 Å². The Morgan fingerprint density at radius 3 is 2.61 bits per heavy atom. The number of carbonyl (C=O) groups excluding carboxylic acids is 1. The third-order valence-electron chi connectivity index (χ3n) is 5.71. The number of fused-ring (bicyclic) bond motifs is 1. The highest BCUT2D eigenvalue weighted by Gasteiger charge is 2.38. The van der Waals surface area contributed by atoms with Gasteiger partial charge < -0.3 is 19.8 Å². The lowest BCUT2D eigenvalue weighted by molar-refractivity contribution is -0.139. The summed E-state index contributed by atoms with van der Waals surface area (Å²) in [6.07, 6.45) is 0.686. The zero-order valence-corrected chi connectivity index (χ0v) is 19.3. The number of rotatable bonds is 6. The second-order valence-electron chi connectivity index (χ2n) is 7.84. The predicted molar refractivity (Wildman–Crippen MR) is 127 cm³/mol. The lowest BCUT2D eigenvalue weighted by Crippen LogP contribution is -2.35. The summed E-state index contributed by atoms with van der Waals surface area (Å²) < 4.78 is 12.7. The van der Waals surface area contributed by atoms with Crippen LogP contribution in [0.4, 0.5) is 0 Å². The van der Waals surface area contributed by atoms with Crippen molar-refractivity contribution in [2.45, 2.75) is 32.7 Å². The number of esters is 1. The molecule has 0 aliphatic carbocycles. The van der Waals surface area contributed by atoms with Crippen LogP contribution in [0.25, 0.3) is 0 Å². The summed E-state index contributed by atoms with van der Waals surface area (Å²) in [5.74, 6) is -1.13. The molecule has 170 valence electrons. The lowest BCUT2D eigenvalue weighted by Gasteiger charge is -2.29. The molecule has 2 heterocycles. The summed E-state index contributed by atoms with van der Waals surface area (Å²) in [7, 11) is 0. The summed E-state index contributed by atoms with van der Waals surface area (Å²) in [5.41, 5.74) is 8.91. The smallest absolute Gasteiger partial charge is 0.340 e. The summed E-state index contributed by atoms with van der Waals surface area (Å²) in [6, 6.07) is 18.8. The van der Waals surface area contributed by atoms with E-state index in [0.29, 0.717) is 34.9 Å². The molecule has 4 rings (SSSR count). The number of aryl methyl sites for hydroxylation is 2. The fourth-order valence-corrected chi connectivity index (χ4v) is 4.38. The van der Waals surface area contributed by atoms with Crippen molar-refractivity contribution >= 4 is 17.6 Å². The Morgan fingerprint density at radius 1 is 1.15 bits per heavy atom. The van der Waals surface area contributed by atoms with Crippen LogP contribution >= 0.6 is 11.6 Å². The Labute approximate surface area is 197 Å². The molecular formula is C26H25ClN2O4. The highest BCUT2D eigenvalue weighted by molar-refractivity contribution is 6.30. The predicted octanol–water partition coefficient (Wildman–Crippen LogP) is 4.31. The number of pyridine rings is 1. The van der Waals surface area contributed by atoms with Gasteiger partial charge in [-0.2, -0.15) is 0 Å². The Bertz CT molecular complexity index is 1280. The van der Waals surface area contributed by atoms with Crippen molar-refractivity contribution in [2.75, 3.05) is 6.61 Å². The summed E-state index contributed by atoms with van der Waals surface area (Å²) in [6.45, 7) is 4.21. The molecule has 33 heavy (non-hydrogen) atoms. The molecule has 0 saturated heterocycles. The third kappa shape index (κ3) is 4.52. The van der Waals surface area contributed by atoms with Gasteiger partial charge in [-0.1, -0.05) is 54.1 Å². The molecule has 2 N–H and O–H groups in total. The minimum Gasteiger partial charge on any atom is -0.462 e. The normalized spacial score (nSPS) is 15.1. The number of nitrogens with two attached hydrogens (primary N) is 1. The summed E-state index contributed by atoms with van der Waals surface area (Å²) >= 11 is 6.25. The standard InChI is InChI=1S/C26H25ClN2O4/c1-3-32-26(31)23-21(18-10-7-11-19(27)15-18)22-20(33-24(23)28)14-16(2)29(25(22)30)13-12-17-8-5-4-6-9-17/h4-11,14-15,21H,3,12-13,28H2,1-2H3/t21-/m0/s1. The fourth-order valence-electron chi connectivity index (χ4n) is 4.18. The largest absolute Gasteiger partial charge is 0.462 e. The minimum absolute atomic E-state index is 0.0771. The SMILES string of the molecule is CCOC(=O)C1=C(N)Oc2cc(C)n(CCc3ccccc3)c(=O)c2[C@@H]1c1cccc(Cl)c1. The van der Waals surface area contributed by atoms with Gasteiger partial charge in [0, 0.05) is 23.3 Å². The van der Waals surface area contributed by atoms with Gasteiger partial charge in [-0.25, -0.2) is 4.79 Å². The maximum Gasteiger partial charge on any atom is 0.340 e. The van der Waals surface area contributed by atoms with Gasteiger partial charge in [0.15, 0.2) is 0 Å². The van der Waals surface area contributed by atoms with E-state index < -0.39 is 11.9 Å². The van der Waals surface area contributed by atoms with Gasteiger partial charge in [-0.3, -0.25) is 4.79 Å². The van der Waals surface area contributed by atoms with Crippen molar-refractivity contribution in [3.63, 3.8) is 0 Å². The molecule has 0 bridgehead atoms. The van der Waals surface area contributed by atoms with Crippen LogP contribution in [0.3, 0.4) is 0 Å². The minimum atomic E-state index is -0.762. The molecule has 1 aromatic heterocycles. The van der Waals surface area contributed by atoms with Gasteiger partial charge in [-0.15, -0.1) is 0 Å². The second-order valence-corrected chi connectivity index (χ2v) is 8.28. The van der Waals surface area contributed by atoms with E-state index in [4.69, 9.17) is 26.8 Å². The molecule has 1 aliphatic rings. The zero-order chi connectivity index (χ0) is 23.5. The number of ether oxygens (including phenoxy) is 2. The van der Waals surface area contributed by atoms with Crippen molar-refractivity contribution in [1.82, 2.24) is 4.57 Å². The Hall–Kier alpha value is -3.51. The van der Waals surface area contributed by atoms with Gasteiger partial charge >= 0.3 is 5.97 Å². The quantitative estimate of drug-likeness (QED) is 0.549. The van der Waals surface area contributed by atoms with Crippen LogP contribution in [-0.4, -0.2) is 17.1 Å². The molecule has 0 radical (unpaired) electrons. The number of nitrogens with zero attached hydrogens (tertiary/aromatic N) is 1. The second kappa shape index (κ2) is 9.55. The highest BCUT2D eigenvalue weighted by atomic mass is 35.5. The van der Waals surface area contributed by atoms with Gasteiger partial charge in [-0.05, 0) is 43.5 Å². The van der Waals surface area contributed by atoms with E-state index in [2.05, 4.69) is 0 Å². The van der Waals surface area contributed by atoms with Crippen LogP contribution in [-0.2, 0) is 22.5 Å². The van der Waals surface area contributed by atoms with E-state index >= 15 is 0 Å². The van der Waals surface area contributed by atoms with Crippen LogP contribution in [0.5, 0.6) is 5.75 Å². The molecule has 0 saturated carbocycles. The van der Waals surface area contributed by atoms with Gasteiger partial charge in [0.05, 0.1) is 18.1 Å². The van der Waals surface area contributed by atoms with Crippen molar-refractivity contribution < 1.29 is 14.3 Å². The first-order valence-corrected chi connectivity index (χ1v) is 11.2. The molecule has 7 heteroatoms. The first-order chi connectivity index (χ1) is 15.9. The average Bonchev–Trinajstić information content (AvgIpc) is 2.78. The number of benzene rings is 2. The fraction of sp³-hybridized carbons (Fsp3) is 0.231. The topological polar surface area (TPSA) is 83.5 Å². The molecule has 3 aromatic rings. The highest BCUT2D eigenvalue weighted by Crippen LogP contribution is 2.41. The van der Waals surface area contributed by atoms with Crippen molar-refractivity contribution in [1.29, 1.82) is 0 Å². The molecule has 1 atom stereocenters. The molecule has 0 spiro atoms. The van der Waals surface area contributed by atoms with Crippen molar-refractivity contribution in [3.05, 3.63) is 110 Å². The number of hydrogen-bond acceptors (Lipinski definition) is 5. The number of aromatic nitrogens is 1. The Kier molecular flexibility index (Phi) is 6.56. The van der Waals surface area contributed by atoms with E-state index in [1.165, 1.54) is 0 Å². The van der Waals surface area contributed by atoms with Crippen LogP contribution in [0, 0.1) is 6.92 Å². The van der Waals surface area contributed by atoms with Gasteiger partial charge in [0.2, 0.25) is 5.88 Å². The monoisotopic (exact) mass is 464 g/mol. The van der Waals surface area contributed by atoms with E-state index in [1.54, 1.807) is 35.8 Å². The van der Waals surface area contributed by atoms with Crippen LogP contribution < -0.4 is 16.0 Å². The lowest BCUT2D eigenvalue weighted by atomic mass is 9.83. The summed E-state index contributed by atoms with van der Waals surface area (Å²) in [4.78, 5) is 26.7. The molecule has 0 fully saturated rings. The molecule has 1 aliphatic heterocycles. The van der Waals surface area contributed by atoms with Crippen molar-refractivity contribution in [3.8, 4) is 5.75 Å².